The minimum Gasteiger partial charge on any atom is -0.354 e. The van der Waals surface area contributed by atoms with Crippen molar-refractivity contribution in [3.05, 3.63) is 0 Å². The van der Waals surface area contributed by atoms with Crippen LogP contribution < -0.4 is 16.0 Å². The van der Waals surface area contributed by atoms with Gasteiger partial charge in [0.25, 0.3) is 0 Å². The molecular weight excluding hydrogens is 242 g/mol. The molecule has 110 valence electrons. The van der Waals surface area contributed by atoms with Gasteiger partial charge in [-0.1, -0.05) is 26.7 Å². The average molecular weight is 269 g/mol. The van der Waals surface area contributed by atoms with Gasteiger partial charge in [-0.2, -0.15) is 0 Å². The van der Waals surface area contributed by atoms with Gasteiger partial charge in [0.2, 0.25) is 11.8 Å². The second kappa shape index (κ2) is 8.15. The van der Waals surface area contributed by atoms with Crippen molar-refractivity contribution in [3.8, 4) is 0 Å². The standard InChI is InChI=1S/C14H27N3O2/c1-10(2)9-16-13(18)11(3)17-14(19)12-7-5-4-6-8-15-12/h10-12,15H,4-9H2,1-3H3,(H,16,18)(H,17,19). The first-order valence-corrected chi connectivity index (χ1v) is 7.32. The molecule has 0 spiro atoms. The summed E-state index contributed by atoms with van der Waals surface area (Å²) in [5, 5.41) is 8.85. The Morgan fingerprint density at radius 2 is 1.95 bits per heavy atom. The lowest BCUT2D eigenvalue weighted by Crippen LogP contribution is -2.51. The predicted octanol–water partition coefficient (Wildman–Crippen LogP) is 0.796. The lowest BCUT2D eigenvalue weighted by molar-refractivity contribution is -0.129. The zero-order chi connectivity index (χ0) is 14.3. The summed E-state index contributed by atoms with van der Waals surface area (Å²) in [6, 6.07) is -0.626. The topological polar surface area (TPSA) is 70.2 Å². The summed E-state index contributed by atoms with van der Waals surface area (Å²) in [6.07, 6.45) is 4.21. The summed E-state index contributed by atoms with van der Waals surface area (Å²) >= 11 is 0. The third-order valence-corrected chi connectivity index (χ3v) is 3.31. The summed E-state index contributed by atoms with van der Waals surface area (Å²) in [7, 11) is 0. The van der Waals surface area contributed by atoms with E-state index in [1.807, 2.05) is 13.8 Å². The monoisotopic (exact) mass is 269 g/mol. The second-order valence-electron chi connectivity index (χ2n) is 5.73. The maximum atomic E-state index is 12.1. The lowest BCUT2D eigenvalue weighted by Gasteiger charge is -2.19. The van der Waals surface area contributed by atoms with Gasteiger partial charge in [-0.25, -0.2) is 0 Å². The van der Waals surface area contributed by atoms with Crippen molar-refractivity contribution < 1.29 is 9.59 Å². The highest BCUT2D eigenvalue weighted by atomic mass is 16.2. The molecule has 0 aromatic heterocycles. The summed E-state index contributed by atoms with van der Waals surface area (Å²) in [4.78, 5) is 23.8. The van der Waals surface area contributed by atoms with E-state index in [0.29, 0.717) is 12.5 Å². The van der Waals surface area contributed by atoms with Crippen molar-refractivity contribution in [1.82, 2.24) is 16.0 Å². The van der Waals surface area contributed by atoms with Crippen LogP contribution in [0, 0.1) is 5.92 Å². The molecule has 1 aliphatic heterocycles. The van der Waals surface area contributed by atoms with Gasteiger partial charge >= 0.3 is 0 Å². The van der Waals surface area contributed by atoms with Crippen LogP contribution in [0.3, 0.4) is 0 Å². The smallest absolute Gasteiger partial charge is 0.242 e. The molecule has 1 fully saturated rings. The Kier molecular flexibility index (Phi) is 6.84. The molecule has 0 aromatic carbocycles. The van der Waals surface area contributed by atoms with Gasteiger partial charge in [0.1, 0.15) is 6.04 Å². The zero-order valence-electron chi connectivity index (χ0n) is 12.3. The van der Waals surface area contributed by atoms with Crippen LogP contribution in [-0.2, 0) is 9.59 Å². The van der Waals surface area contributed by atoms with E-state index in [1.165, 1.54) is 6.42 Å². The molecule has 0 bridgehead atoms. The molecule has 0 radical (unpaired) electrons. The summed E-state index contributed by atoms with van der Waals surface area (Å²) < 4.78 is 0. The molecule has 5 heteroatoms. The Bertz CT molecular complexity index is 297. The number of nitrogens with one attached hydrogen (secondary N) is 3. The van der Waals surface area contributed by atoms with Crippen LogP contribution in [0.5, 0.6) is 0 Å². The third-order valence-electron chi connectivity index (χ3n) is 3.31. The van der Waals surface area contributed by atoms with E-state index in [-0.39, 0.29) is 17.9 Å². The molecule has 19 heavy (non-hydrogen) atoms. The molecule has 1 saturated heterocycles. The van der Waals surface area contributed by atoms with E-state index in [1.54, 1.807) is 6.92 Å². The largest absolute Gasteiger partial charge is 0.354 e. The van der Waals surface area contributed by atoms with Gasteiger partial charge in [0.05, 0.1) is 6.04 Å². The van der Waals surface area contributed by atoms with E-state index in [0.717, 1.165) is 25.8 Å². The number of rotatable bonds is 5. The molecule has 3 N–H and O–H groups in total. The molecule has 2 unspecified atom stereocenters. The number of hydrogen-bond acceptors (Lipinski definition) is 3. The number of hydrogen-bond donors (Lipinski definition) is 3. The van der Waals surface area contributed by atoms with Crippen molar-refractivity contribution in [1.29, 1.82) is 0 Å². The molecule has 2 amide bonds. The average Bonchev–Trinajstić information content (AvgIpc) is 2.64. The predicted molar refractivity (Wildman–Crippen MR) is 75.7 cm³/mol. The van der Waals surface area contributed by atoms with Crippen LogP contribution >= 0.6 is 0 Å². The van der Waals surface area contributed by atoms with Crippen molar-refractivity contribution in [2.24, 2.45) is 5.92 Å². The molecule has 1 rings (SSSR count). The molecule has 0 aliphatic carbocycles. The van der Waals surface area contributed by atoms with Crippen LogP contribution in [0.4, 0.5) is 0 Å². The van der Waals surface area contributed by atoms with Crippen molar-refractivity contribution in [2.75, 3.05) is 13.1 Å². The molecule has 2 atom stereocenters. The quantitative estimate of drug-likeness (QED) is 0.691. The molecular formula is C14H27N3O2. The molecule has 0 aromatic rings. The molecule has 0 saturated carbocycles. The van der Waals surface area contributed by atoms with Crippen LogP contribution in [0.15, 0.2) is 0 Å². The van der Waals surface area contributed by atoms with Crippen LogP contribution in [0.1, 0.15) is 46.5 Å². The Hall–Kier alpha value is -1.10. The van der Waals surface area contributed by atoms with Gasteiger partial charge in [-0.05, 0) is 32.2 Å². The summed E-state index contributed by atoms with van der Waals surface area (Å²) in [5.41, 5.74) is 0. The number of carbonyl (C=O) groups is 2. The SMILES string of the molecule is CC(C)CNC(=O)C(C)NC(=O)C1CCCCCN1. The highest BCUT2D eigenvalue weighted by Crippen LogP contribution is 2.08. The van der Waals surface area contributed by atoms with Crippen LogP contribution in [0.25, 0.3) is 0 Å². The van der Waals surface area contributed by atoms with Crippen molar-refractivity contribution in [2.45, 2.75) is 58.5 Å². The van der Waals surface area contributed by atoms with E-state index >= 15 is 0 Å². The fourth-order valence-corrected chi connectivity index (χ4v) is 2.09. The van der Waals surface area contributed by atoms with Crippen LogP contribution in [0.2, 0.25) is 0 Å². The van der Waals surface area contributed by atoms with Gasteiger partial charge in [0.15, 0.2) is 0 Å². The minimum atomic E-state index is -0.476. The maximum absolute atomic E-state index is 12.1. The van der Waals surface area contributed by atoms with E-state index < -0.39 is 6.04 Å². The minimum absolute atomic E-state index is 0.0610. The summed E-state index contributed by atoms with van der Waals surface area (Å²) in [6.45, 7) is 7.33. The second-order valence-corrected chi connectivity index (χ2v) is 5.73. The lowest BCUT2D eigenvalue weighted by atomic mass is 10.1. The Morgan fingerprint density at radius 1 is 1.21 bits per heavy atom. The maximum Gasteiger partial charge on any atom is 0.242 e. The first-order valence-electron chi connectivity index (χ1n) is 7.32. The highest BCUT2D eigenvalue weighted by Gasteiger charge is 2.23. The van der Waals surface area contributed by atoms with Crippen molar-refractivity contribution >= 4 is 11.8 Å². The van der Waals surface area contributed by atoms with Gasteiger partial charge in [-0.3, -0.25) is 9.59 Å². The van der Waals surface area contributed by atoms with E-state index in [4.69, 9.17) is 0 Å². The zero-order valence-corrected chi connectivity index (χ0v) is 12.3. The fourth-order valence-electron chi connectivity index (χ4n) is 2.09. The Balaban J connectivity index is 2.35. The highest BCUT2D eigenvalue weighted by molar-refractivity contribution is 5.89. The molecule has 1 heterocycles. The number of amides is 2. The summed E-state index contributed by atoms with van der Waals surface area (Å²) in [5.74, 6) is 0.236. The van der Waals surface area contributed by atoms with Crippen LogP contribution in [-0.4, -0.2) is 37.0 Å². The molecule has 5 nitrogen and oxygen atoms in total. The normalized spacial score (nSPS) is 21.6. The van der Waals surface area contributed by atoms with Gasteiger partial charge in [-0.15, -0.1) is 0 Å². The first kappa shape index (κ1) is 16.0. The Labute approximate surface area is 115 Å². The van der Waals surface area contributed by atoms with E-state index in [2.05, 4.69) is 16.0 Å². The first-order chi connectivity index (χ1) is 9.00. The Morgan fingerprint density at radius 3 is 2.63 bits per heavy atom. The van der Waals surface area contributed by atoms with E-state index in [9.17, 15) is 9.59 Å². The number of carbonyl (C=O) groups excluding carboxylic acids is 2. The van der Waals surface area contributed by atoms with Crippen molar-refractivity contribution in [3.63, 3.8) is 0 Å². The fraction of sp³-hybridized carbons (Fsp3) is 0.857. The van der Waals surface area contributed by atoms with Gasteiger partial charge < -0.3 is 16.0 Å². The molecule has 1 aliphatic rings. The third kappa shape index (κ3) is 6.05. The van der Waals surface area contributed by atoms with Gasteiger partial charge in [0, 0.05) is 6.54 Å².